The third-order valence-corrected chi connectivity index (χ3v) is 8.36. The average Bonchev–Trinajstić information content (AvgIpc) is 3.49. The zero-order valence-electron chi connectivity index (χ0n) is 23.3. The Morgan fingerprint density at radius 1 is 1.23 bits per heavy atom. The van der Waals surface area contributed by atoms with Gasteiger partial charge in [0, 0.05) is 12.2 Å². The first-order valence-electron chi connectivity index (χ1n) is 13.6. The van der Waals surface area contributed by atoms with Gasteiger partial charge in [0.2, 0.25) is 5.91 Å². The second kappa shape index (κ2) is 11.1. The summed E-state index contributed by atoms with van der Waals surface area (Å²) in [5.74, 6) is -2.21. The van der Waals surface area contributed by atoms with Gasteiger partial charge < -0.3 is 29.1 Å². The van der Waals surface area contributed by atoms with E-state index in [1.807, 2.05) is 20.8 Å². The SMILES string of the molecule is C=CCOC(=O)[C@H]1[C@H]2C(=O)N([C@@H](CO)CC(C)C)C(C(=O)N(CC=C)c3ccc(OC)cc3)C23CC[C@]1(C)O3. The lowest BCUT2D eigenvalue weighted by Crippen LogP contribution is -2.59. The second-order valence-corrected chi connectivity index (χ2v) is 11.3. The number of amides is 2. The van der Waals surface area contributed by atoms with E-state index in [4.69, 9.17) is 14.2 Å². The molecule has 3 fully saturated rings. The molecule has 9 nitrogen and oxygen atoms in total. The Morgan fingerprint density at radius 3 is 2.49 bits per heavy atom. The smallest absolute Gasteiger partial charge is 0.313 e. The van der Waals surface area contributed by atoms with Gasteiger partial charge in [-0.1, -0.05) is 32.6 Å². The molecule has 4 rings (SSSR count). The molecule has 39 heavy (non-hydrogen) atoms. The van der Waals surface area contributed by atoms with E-state index in [-0.39, 0.29) is 37.5 Å². The molecule has 1 aromatic carbocycles. The Labute approximate surface area is 230 Å². The maximum atomic E-state index is 14.6. The summed E-state index contributed by atoms with van der Waals surface area (Å²) in [5, 5.41) is 10.4. The van der Waals surface area contributed by atoms with E-state index in [2.05, 4.69) is 13.2 Å². The van der Waals surface area contributed by atoms with Crippen LogP contribution in [0.15, 0.2) is 49.6 Å². The summed E-state index contributed by atoms with van der Waals surface area (Å²) in [6.07, 6.45) is 4.52. The molecule has 1 N–H and O–H groups in total. The standard InChI is InChI=1S/C30H40N2O7/c1-7-15-31(20-9-11-22(37-6)12-10-20)27(35)25-30-14-13-29(5,39-30)24(28(36)38-16-8-2)23(30)26(34)32(25)21(18-33)17-19(3)4/h7-12,19,21,23-25,33H,1-2,13-18H2,3-6H3/t21-,23+,24-,25?,29+,30?/m1/s1. The van der Waals surface area contributed by atoms with Crippen molar-refractivity contribution in [3.8, 4) is 5.75 Å². The van der Waals surface area contributed by atoms with E-state index in [1.54, 1.807) is 42.4 Å². The minimum absolute atomic E-state index is 0.0165. The first kappa shape index (κ1) is 28.8. The molecule has 3 heterocycles. The molecule has 1 spiro atoms. The number of nitrogens with zero attached hydrogens (tertiary/aromatic N) is 2. The van der Waals surface area contributed by atoms with Crippen LogP contribution < -0.4 is 9.64 Å². The van der Waals surface area contributed by atoms with Crippen LogP contribution in [0.1, 0.15) is 40.0 Å². The van der Waals surface area contributed by atoms with Gasteiger partial charge in [-0.2, -0.15) is 0 Å². The highest BCUT2D eigenvalue weighted by Crippen LogP contribution is 2.64. The van der Waals surface area contributed by atoms with E-state index in [0.29, 0.717) is 30.7 Å². The number of carbonyl (C=O) groups is 3. The lowest BCUT2D eigenvalue weighted by atomic mass is 9.66. The fourth-order valence-corrected chi connectivity index (χ4v) is 6.81. The second-order valence-electron chi connectivity index (χ2n) is 11.3. The van der Waals surface area contributed by atoms with Crippen LogP contribution in [0.5, 0.6) is 5.75 Å². The molecular formula is C30H40N2O7. The number of esters is 1. The lowest BCUT2D eigenvalue weighted by molar-refractivity contribution is -0.159. The van der Waals surface area contributed by atoms with E-state index in [1.165, 1.54) is 11.0 Å². The van der Waals surface area contributed by atoms with Gasteiger partial charge in [-0.05, 0) is 56.4 Å². The number of methoxy groups -OCH3 is 1. The molecule has 1 aromatic rings. The third kappa shape index (κ3) is 4.76. The first-order chi connectivity index (χ1) is 18.6. The Bertz CT molecular complexity index is 1120. The van der Waals surface area contributed by atoms with Crippen molar-refractivity contribution in [2.24, 2.45) is 17.8 Å². The quantitative estimate of drug-likeness (QED) is 0.321. The van der Waals surface area contributed by atoms with Crippen LogP contribution in [0.2, 0.25) is 0 Å². The number of aliphatic hydroxyl groups excluding tert-OH is 1. The molecule has 3 aliphatic heterocycles. The number of carbonyl (C=O) groups excluding carboxylic acids is 3. The Balaban J connectivity index is 1.83. The summed E-state index contributed by atoms with van der Waals surface area (Å²) in [6, 6.07) is 5.42. The molecule has 3 aliphatic rings. The number of benzene rings is 1. The largest absolute Gasteiger partial charge is 0.497 e. The van der Waals surface area contributed by atoms with Crippen LogP contribution >= 0.6 is 0 Å². The van der Waals surface area contributed by atoms with Crippen molar-refractivity contribution < 1.29 is 33.7 Å². The summed E-state index contributed by atoms with van der Waals surface area (Å²) in [4.78, 5) is 45.3. The molecule has 0 aliphatic carbocycles. The number of hydrogen-bond acceptors (Lipinski definition) is 7. The molecule has 2 unspecified atom stereocenters. The predicted molar refractivity (Wildman–Crippen MR) is 146 cm³/mol. The normalized spacial score (nSPS) is 29.7. The highest BCUT2D eigenvalue weighted by molar-refractivity contribution is 6.05. The average molecular weight is 541 g/mol. The van der Waals surface area contributed by atoms with Gasteiger partial charge in [-0.15, -0.1) is 6.58 Å². The van der Waals surface area contributed by atoms with Crippen molar-refractivity contribution in [3.63, 3.8) is 0 Å². The fourth-order valence-electron chi connectivity index (χ4n) is 6.81. The molecule has 9 heteroatoms. The van der Waals surface area contributed by atoms with E-state index in [9.17, 15) is 19.5 Å². The van der Waals surface area contributed by atoms with E-state index < -0.39 is 41.1 Å². The number of aliphatic hydroxyl groups is 1. The van der Waals surface area contributed by atoms with Crippen LogP contribution in [0.4, 0.5) is 5.69 Å². The Morgan fingerprint density at radius 2 is 1.92 bits per heavy atom. The number of ether oxygens (including phenoxy) is 3. The molecule has 2 amide bonds. The van der Waals surface area contributed by atoms with E-state index >= 15 is 0 Å². The van der Waals surface area contributed by atoms with Gasteiger partial charge in [0.1, 0.15) is 29.9 Å². The molecule has 3 saturated heterocycles. The zero-order chi connectivity index (χ0) is 28.5. The summed E-state index contributed by atoms with van der Waals surface area (Å²) in [6.45, 7) is 13.2. The molecule has 212 valence electrons. The monoisotopic (exact) mass is 540 g/mol. The fraction of sp³-hybridized carbons (Fsp3) is 0.567. The molecule has 6 atom stereocenters. The van der Waals surface area contributed by atoms with Crippen molar-refractivity contribution in [2.75, 3.05) is 31.8 Å². The number of likely N-dealkylation sites (tertiary alicyclic amines) is 1. The van der Waals surface area contributed by atoms with Crippen LogP contribution in [-0.2, 0) is 23.9 Å². The van der Waals surface area contributed by atoms with Crippen molar-refractivity contribution >= 4 is 23.5 Å². The van der Waals surface area contributed by atoms with Crippen LogP contribution in [-0.4, -0.2) is 77.9 Å². The molecular weight excluding hydrogens is 500 g/mol. The summed E-state index contributed by atoms with van der Waals surface area (Å²) in [7, 11) is 1.57. The Hall–Kier alpha value is -3.17. The van der Waals surface area contributed by atoms with Crippen LogP contribution in [0.3, 0.4) is 0 Å². The molecule has 2 bridgehead atoms. The van der Waals surface area contributed by atoms with E-state index in [0.717, 1.165) is 0 Å². The van der Waals surface area contributed by atoms with Gasteiger partial charge in [0.05, 0.1) is 31.3 Å². The third-order valence-electron chi connectivity index (χ3n) is 8.36. The van der Waals surface area contributed by atoms with Crippen LogP contribution in [0.25, 0.3) is 0 Å². The van der Waals surface area contributed by atoms with Gasteiger partial charge in [-0.3, -0.25) is 14.4 Å². The van der Waals surface area contributed by atoms with Crippen molar-refractivity contribution in [1.82, 2.24) is 4.90 Å². The maximum absolute atomic E-state index is 14.6. The minimum Gasteiger partial charge on any atom is -0.497 e. The number of hydrogen-bond donors (Lipinski definition) is 1. The maximum Gasteiger partial charge on any atom is 0.313 e. The summed E-state index contributed by atoms with van der Waals surface area (Å²) >= 11 is 0. The Kier molecular flexibility index (Phi) is 8.23. The minimum atomic E-state index is -1.23. The van der Waals surface area contributed by atoms with Crippen molar-refractivity contribution in [2.45, 2.75) is 63.3 Å². The predicted octanol–water partition coefficient (Wildman–Crippen LogP) is 3.12. The van der Waals surface area contributed by atoms with Crippen LogP contribution in [0, 0.1) is 17.8 Å². The molecule has 0 aromatic heterocycles. The van der Waals surface area contributed by atoms with Gasteiger partial charge >= 0.3 is 5.97 Å². The van der Waals surface area contributed by atoms with Crippen molar-refractivity contribution in [1.29, 1.82) is 0 Å². The van der Waals surface area contributed by atoms with Gasteiger partial charge in [-0.25, -0.2) is 0 Å². The topological polar surface area (TPSA) is 106 Å². The van der Waals surface area contributed by atoms with Crippen molar-refractivity contribution in [3.05, 3.63) is 49.6 Å². The highest BCUT2D eigenvalue weighted by atomic mass is 16.6. The number of fused-ring (bicyclic) bond motifs is 1. The highest BCUT2D eigenvalue weighted by Gasteiger charge is 2.79. The summed E-state index contributed by atoms with van der Waals surface area (Å²) < 4.78 is 17.4. The first-order valence-corrected chi connectivity index (χ1v) is 13.6. The summed E-state index contributed by atoms with van der Waals surface area (Å²) in [5.41, 5.74) is -1.56. The molecule has 0 radical (unpaired) electrons. The zero-order valence-corrected chi connectivity index (χ0v) is 23.3. The van der Waals surface area contributed by atoms with Gasteiger partial charge in [0.15, 0.2) is 0 Å². The molecule has 0 saturated carbocycles. The van der Waals surface area contributed by atoms with Gasteiger partial charge in [0.25, 0.3) is 5.91 Å². The number of rotatable bonds is 12. The lowest BCUT2D eigenvalue weighted by Gasteiger charge is -2.40. The number of anilines is 1.